The first-order valence-corrected chi connectivity index (χ1v) is 7.00. The van der Waals surface area contributed by atoms with Crippen molar-refractivity contribution in [2.75, 3.05) is 26.3 Å². The molecular weight excluding hydrogens is 230 g/mol. The van der Waals surface area contributed by atoms with E-state index < -0.39 is 0 Å². The van der Waals surface area contributed by atoms with Gasteiger partial charge in [0.1, 0.15) is 0 Å². The monoisotopic (exact) mass is 259 g/mol. The highest BCUT2D eigenvalue weighted by Gasteiger charge is 2.15. The third-order valence-electron chi connectivity index (χ3n) is 3.09. The van der Waals surface area contributed by atoms with Crippen LogP contribution in [-0.4, -0.2) is 47.3 Å². The van der Waals surface area contributed by atoms with Crippen molar-refractivity contribution >= 4 is 5.91 Å². The van der Waals surface area contributed by atoms with Crippen LogP contribution in [0.3, 0.4) is 0 Å². The van der Waals surface area contributed by atoms with Gasteiger partial charge >= 0.3 is 0 Å². The maximum Gasteiger partial charge on any atom is 0.222 e. The average molecular weight is 259 g/mol. The van der Waals surface area contributed by atoms with Crippen LogP contribution >= 0.6 is 0 Å². The molecule has 1 atom stereocenters. The number of hydrogen-bond acceptors (Lipinski definition) is 3. The van der Waals surface area contributed by atoms with E-state index in [0.29, 0.717) is 31.3 Å². The van der Waals surface area contributed by atoms with Crippen LogP contribution in [0.2, 0.25) is 0 Å². The molecule has 0 saturated carbocycles. The Labute approximate surface area is 111 Å². The van der Waals surface area contributed by atoms with E-state index in [1.54, 1.807) is 4.90 Å². The molecule has 108 valence electrons. The Morgan fingerprint density at radius 1 is 1.06 bits per heavy atom. The number of amides is 1. The molecule has 0 heterocycles. The highest BCUT2D eigenvalue weighted by Crippen LogP contribution is 2.16. The Hall–Kier alpha value is -0.610. The fraction of sp³-hybridized carbons (Fsp3) is 0.929. The van der Waals surface area contributed by atoms with Crippen LogP contribution in [0.4, 0.5) is 0 Å². The van der Waals surface area contributed by atoms with Crippen molar-refractivity contribution in [3.8, 4) is 0 Å². The summed E-state index contributed by atoms with van der Waals surface area (Å²) in [5, 5.41) is 17.7. The van der Waals surface area contributed by atoms with Crippen LogP contribution in [0.1, 0.15) is 46.5 Å². The van der Waals surface area contributed by atoms with Crippen LogP contribution in [-0.2, 0) is 4.79 Å². The highest BCUT2D eigenvalue weighted by atomic mass is 16.3. The molecule has 1 amide bonds. The molecule has 0 spiro atoms. The van der Waals surface area contributed by atoms with E-state index >= 15 is 0 Å². The normalized spacial score (nSPS) is 12.8. The molecule has 1 unspecified atom stereocenters. The summed E-state index contributed by atoms with van der Waals surface area (Å²) >= 11 is 0. The number of aliphatic hydroxyl groups is 2. The number of aliphatic hydroxyl groups excluding tert-OH is 2. The predicted molar refractivity (Wildman–Crippen MR) is 73.2 cm³/mol. The molecule has 4 heteroatoms. The zero-order chi connectivity index (χ0) is 14.0. The summed E-state index contributed by atoms with van der Waals surface area (Å²) in [5.74, 6) is 1.12. The van der Waals surface area contributed by atoms with E-state index in [0.717, 1.165) is 12.8 Å². The summed E-state index contributed by atoms with van der Waals surface area (Å²) < 4.78 is 0. The zero-order valence-corrected chi connectivity index (χ0v) is 12.1. The molecule has 0 aliphatic heterocycles. The Morgan fingerprint density at radius 2 is 1.61 bits per heavy atom. The molecular formula is C14H29NO3. The molecule has 0 aromatic heterocycles. The van der Waals surface area contributed by atoms with E-state index in [-0.39, 0.29) is 19.1 Å². The first-order valence-electron chi connectivity index (χ1n) is 7.00. The van der Waals surface area contributed by atoms with Gasteiger partial charge in [-0.25, -0.2) is 0 Å². The third-order valence-corrected chi connectivity index (χ3v) is 3.09. The predicted octanol–water partition coefficient (Wildman–Crippen LogP) is 1.65. The fourth-order valence-electron chi connectivity index (χ4n) is 2.01. The lowest BCUT2D eigenvalue weighted by molar-refractivity contribution is -0.133. The molecule has 0 saturated heterocycles. The summed E-state index contributed by atoms with van der Waals surface area (Å²) in [6.07, 6.45) is 3.94. The van der Waals surface area contributed by atoms with Gasteiger partial charge in [0.15, 0.2) is 0 Å². The molecule has 0 radical (unpaired) electrons. The number of carbonyl (C=O) groups excluding carboxylic acids is 1. The van der Waals surface area contributed by atoms with Crippen LogP contribution < -0.4 is 0 Å². The second-order valence-electron chi connectivity index (χ2n) is 5.46. The summed E-state index contributed by atoms with van der Waals surface area (Å²) in [7, 11) is 0. The average Bonchev–Trinajstić information content (AvgIpc) is 2.28. The zero-order valence-electron chi connectivity index (χ0n) is 12.1. The highest BCUT2D eigenvalue weighted by molar-refractivity contribution is 5.76. The Morgan fingerprint density at radius 3 is 2.06 bits per heavy atom. The van der Waals surface area contributed by atoms with Crippen LogP contribution in [0.25, 0.3) is 0 Å². The number of carbonyl (C=O) groups is 1. The van der Waals surface area contributed by atoms with Gasteiger partial charge in [-0.05, 0) is 11.8 Å². The van der Waals surface area contributed by atoms with Gasteiger partial charge in [-0.15, -0.1) is 0 Å². The number of nitrogens with zero attached hydrogens (tertiary/aromatic N) is 1. The Bertz CT molecular complexity index is 213. The first kappa shape index (κ1) is 17.4. The summed E-state index contributed by atoms with van der Waals surface area (Å²) in [5.41, 5.74) is 0. The third kappa shape index (κ3) is 8.48. The summed E-state index contributed by atoms with van der Waals surface area (Å²) in [6.45, 7) is 7.05. The first-order chi connectivity index (χ1) is 8.51. The van der Waals surface area contributed by atoms with Crippen molar-refractivity contribution in [1.29, 1.82) is 0 Å². The Kier molecular flexibility index (Phi) is 9.98. The fourth-order valence-corrected chi connectivity index (χ4v) is 2.01. The van der Waals surface area contributed by atoms with Crippen LogP contribution in [0.15, 0.2) is 0 Å². The van der Waals surface area contributed by atoms with E-state index in [1.807, 2.05) is 0 Å². The number of rotatable bonds is 10. The smallest absolute Gasteiger partial charge is 0.222 e. The molecule has 4 nitrogen and oxygen atoms in total. The second kappa shape index (κ2) is 10.3. The van der Waals surface area contributed by atoms with E-state index in [9.17, 15) is 4.79 Å². The molecule has 0 aromatic rings. The topological polar surface area (TPSA) is 60.8 Å². The molecule has 0 bridgehead atoms. The van der Waals surface area contributed by atoms with Crippen LogP contribution in [0.5, 0.6) is 0 Å². The lowest BCUT2D eigenvalue weighted by Crippen LogP contribution is -2.36. The molecule has 0 fully saturated rings. The van der Waals surface area contributed by atoms with Gasteiger partial charge in [0.05, 0.1) is 13.2 Å². The van der Waals surface area contributed by atoms with Crippen LogP contribution in [0, 0.1) is 11.8 Å². The molecule has 0 aromatic carbocycles. The van der Waals surface area contributed by atoms with Crippen molar-refractivity contribution < 1.29 is 15.0 Å². The van der Waals surface area contributed by atoms with Crippen molar-refractivity contribution in [1.82, 2.24) is 4.90 Å². The molecule has 0 rings (SSSR count). The summed E-state index contributed by atoms with van der Waals surface area (Å²) in [4.78, 5) is 13.5. The van der Waals surface area contributed by atoms with Gasteiger partial charge in [0.2, 0.25) is 5.91 Å². The Balaban J connectivity index is 3.94. The van der Waals surface area contributed by atoms with Gasteiger partial charge in [0.25, 0.3) is 0 Å². The minimum absolute atomic E-state index is 0.0372. The molecule has 0 aliphatic carbocycles. The minimum Gasteiger partial charge on any atom is -0.395 e. The van der Waals surface area contributed by atoms with Crippen molar-refractivity contribution in [2.24, 2.45) is 11.8 Å². The van der Waals surface area contributed by atoms with Gasteiger partial charge in [0, 0.05) is 19.5 Å². The van der Waals surface area contributed by atoms with Gasteiger partial charge in [-0.3, -0.25) is 4.79 Å². The largest absolute Gasteiger partial charge is 0.395 e. The van der Waals surface area contributed by atoms with Crippen molar-refractivity contribution in [3.63, 3.8) is 0 Å². The van der Waals surface area contributed by atoms with E-state index in [1.165, 1.54) is 6.42 Å². The lowest BCUT2D eigenvalue weighted by atomic mass is 9.97. The maximum atomic E-state index is 11.9. The van der Waals surface area contributed by atoms with Gasteiger partial charge in [-0.1, -0.05) is 40.0 Å². The molecule has 18 heavy (non-hydrogen) atoms. The molecule has 2 N–H and O–H groups in total. The van der Waals surface area contributed by atoms with E-state index in [4.69, 9.17) is 10.2 Å². The maximum absolute atomic E-state index is 11.9. The summed E-state index contributed by atoms with van der Waals surface area (Å²) in [6, 6.07) is 0. The van der Waals surface area contributed by atoms with Crippen molar-refractivity contribution in [2.45, 2.75) is 46.5 Å². The lowest BCUT2D eigenvalue weighted by Gasteiger charge is -2.22. The van der Waals surface area contributed by atoms with Crippen molar-refractivity contribution in [3.05, 3.63) is 0 Å². The standard InChI is InChI=1S/C14H29NO3/c1-12(2)5-4-6-13(3)11-14(18)15(7-9-16)8-10-17/h12-13,16-17H,4-11H2,1-3H3. The van der Waals surface area contributed by atoms with Gasteiger partial charge < -0.3 is 15.1 Å². The minimum atomic E-state index is -0.0481. The quantitative estimate of drug-likeness (QED) is 0.627. The van der Waals surface area contributed by atoms with Gasteiger partial charge in [-0.2, -0.15) is 0 Å². The van der Waals surface area contributed by atoms with E-state index in [2.05, 4.69) is 20.8 Å². The number of hydrogen-bond donors (Lipinski definition) is 2. The molecule has 0 aliphatic rings. The second-order valence-corrected chi connectivity index (χ2v) is 5.46. The SMILES string of the molecule is CC(C)CCCC(C)CC(=O)N(CCO)CCO.